The van der Waals surface area contributed by atoms with Gasteiger partial charge in [-0.15, -0.1) is 0 Å². The molecule has 5 nitrogen and oxygen atoms in total. The summed E-state index contributed by atoms with van der Waals surface area (Å²) in [5.74, 6) is 0.399. The molecule has 2 aliphatic rings. The van der Waals surface area contributed by atoms with Crippen molar-refractivity contribution in [2.75, 3.05) is 32.4 Å². The van der Waals surface area contributed by atoms with Crippen LogP contribution in [0.5, 0.6) is 0 Å². The molecule has 1 atom stereocenters. The monoisotopic (exact) mass is 387 g/mol. The van der Waals surface area contributed by atoms with E-state index in [-0.39, 0.29) is 0 Å². The Labute approximate surface area is 134 Å². The van der Waals surface area contributed by atoms with Crippen molar-refractivity contribution in [2.45, 2.75) is 37.8 Å². The largest absolute Gasteiger partial charge is 0.368 e. The number of hydrogen-bond donors (Lipinski definition) is 1. The molecule has 0 aromatic carbocycles. The lowest BCUT2D eigenvalue weighted by Gasteiger charge is -2.38. The fraction of sp³-hybridized carbons (Fsp3) is 0.714. The number of nitrogens with two attached hydrogens (primary N) is 1. The second kappa shape index (κ2) is 6.11. The Morgan fingerprint density at radius 3 is 2.75 bits per heavy atom. The van der Waals surface area contributed by atoms with E-state index in [1.807, 2.05) is 6.20 Å². The third kappa shape index (κ3) is 2.92. The number of rotatable bonds is 2. The van der Waals surface area contributed by atoms with E-state index in [9.17, 15) is 0 Å². The van der Waals surface area contributed by atoms with Crippen LogP contribution in [0.2, 0.25) is 0 Å². The van der Waals surface area contributed by atoms with Gasteiger partial charge in [0.15, 0.2) is 0 Å². The van der Waals surface area contributed by atoms with Gasteiger partial charge in [0.05, 0.1) is 15.3 Å². The highest BCUT2D eigenvalue weighted by Crippen LogP contribution is 2.36. The Bertz CT molecular complexity index is 473. The van der Waals surface area contributed by atoms with E-state index in [1.54, 1.807) is 0 Å². The fourth-order valence-corrected chi connectivity index (χ4v) is 4.09. The topological polar surface area (TPSA) is 58.3 Å². The van der Waals surface area contributed by atoms with Gasteiger partial charge in [0.2, 0.25) is 5.95 Å². The maximum absolute atomic E-state index is 5.79. The Balaban J connectivity index is 1.80. The quantitative estimate of drug-likeness (QED) is 0.786. The predicted molar refractivity (Wildman–Crippen MR) is 88.4 cm³/mol. The zero-order valence-corrected chi connectivity index (χ0v) is 14.1. The van der Waals surface area contributed by atoms with Crippen molar-refractivity contribution in [3.8, 4) is 0 Å². The molecule has 2 aliphatic heterocycles. The first-order valence-corrected chi connectivity index (χ1v) is 8.45. The molecule has 20 heavy (non-hydrogen) atoms. The van der Waals surface area contributed by atoms with E-state index in [0.717, 1.165) is 9.26 Å². The third-order valence-electron chi connectivity index (χ3n) is 4.56. The van der Waals surface area contributed by atoms with Gasteiger partial charge in [-0.2, -0.15) is 0 Å². The number of aromatic nitrogens is 2. The Morgan fingerprint density at radius 1 is 1.25 bits per heavy atom. The lowest BCUT2D eigenvalue weighted by atomic mass is 10.0. The number of hydrogen-bond acceptors (Lipinski definition) is 5. The SMILES string of the molecule is CN1CCC(N2CCCC2c2nc(N)ncc2I)CC1. The second-order valence-corrected chi connectivity index (χ2v) is 7.05. The van der Waals surface area contributed by atoms with Gasteiger partial charge in [-0.1, -0.05) is 0 Å². The highest BCUT2D eigenvalue weighted by atomic mass is 127. The maximum atomic E-state index is 5.79. The Hall–Kier alpha value is -0.470. The van der Waals surface area contributed by atoms with Gasteiger partial charge in [-0.25, -0.2) is 9.97 Å². The molecule has 110 valence electrons. The second-order valence-electron chi connectivity index (χ2n) is 5.89. The summed E-state index contributed by atoms with van der Waals surface area (Å²) in [5, 5.41) is 0. The van der Waals surface area contributed by atoms with Gasteiger partial charge in [-0.3, -0.25) is 4.90 Å². The number of anilines is 1. The van der Waals surface area contributed by atoms with Crippen LogP contribution in [-0.2, 0) is 0 Å². The van der Waals surface area contributed by atoms with Crippen LogP contribution >= 0.6 is 22.6 Å². The van der Waals surface area contributed by atoms with Crippen molar-refractivity contribution in [1.29, 1.82) is 0 Å². The van der Waals surface area contributed by atoms with Crippen molar-refractivity contribution >= 4 is 28.5 Å². The molecule has 6 heteroatoms. The zero-order chi connectivity index (χ0) is 14.1. The standard InChI is InChI=1S/C14H22IN5/c1-19-7-4-10(5-8-19)20-6-2-3-12(20)13-11(15)9-17-14(16)18-13/h9-10,12H,2-8H2,1H3,(H2,16,17,18). The van der Waals surface area contributed by atoms with E-state index in [2.05, 4.69) is 49.4 Å². The van der Waals surface area contributed by atoms with Crippen LogP contribution in [0.4, 0.5) is 5.95 Å². The minimum absolute atomic E-state index is 0.399. The molecule has 0 spiro atoms. The normalized spacial score (nSPS) is 26.2. The molecule has 2 saturated heterocycles. The molecule has 1 unspecified atom stereocenters. The lowest BCUT2D eigenvalue weighted by molar-refractivity contribution is 0.108. The van der Waals surface area contributed by atoms with Crippen molar-refractivity contribution in [2.24, 2.45) is 0 Å². The Kier molecular flexibility index (Phi) is 4.42. The summed E-state index contributed by atoms with van der Waals surface area (Å²) in [6.45, 7) is 3.60. The summed E-state index contributed by atoms with van der Waals surface area (Å²) < 4.78 is 1.14. The molecular formula is C14H22IN5. The molecule has 2 fully saturated rings. The number of nitrogen functional groups attached to an aromatic ring is 1. The summed E-state index contributed by atoms with van der Waals surface area (Å²) in [6.07, 6.45) is 6.84. The average molecular weight is 387 g/mol. The van der Waals surface area contributed by atoms with Crippen molar-refractivity contribution in [3.63, 3.8) is 0 Å². The fourth-order valence-electron chi connectivity index (χ4n) is 3.47. The molecule has 3 heterocycles. The van der Waals surface area contributed by atoms with Gasteiger partial charge in [-0.05, 0) is 75.0 Å². The lowest BCUT2D eigenvalue weighted by Crippen LogP contribution is -2.43. The first-order chi connectivity index (χ1) is 9.65. The van der Waals surface area contributed by atoms with E-state index in [0.29, 0.717) is 18.0 Å². The zero-order valence-electron chi connectivity index (χ0n) is 11.9. The minimum Gasteiger partial charge on any atom is -0.368 e. The van der Waals surface area contributed by atoms with Gasteiger partial charge in [0.25, 0.3) is 0 Å². The summed E-state index contributed by atoms with van der Waals surface area (Å²) in [7, 11) is 2.21. The molecule has 0 amide bonds. The maximum Gasteiger partial charge on any atom is 0.220 e. The molecule has 2 N–H and O–H groups in total. The van der Waals surface area contributed by atoms with Crippen molar-refractivity contribution in [1.82, 2.24) is 19.8 Å². The van der Waals surface area contributed by atoms with Gasteiger partial charge >= 0.3 is 0 Å². The van der Waals surface area contributed by atoms with Crippen LogP contribution in [-0.4, -0.2) is 52.5 Å². The smallest absolute Gasteiger partial charge is 0.220 e. The minimum atomic E-state index is 0.399. The van der Waals surface area contributed by atoms with E-state index >= 15 is 0 Å². The number of halogens is 1. The van der Waals surface area contributed by atoms with Crippen LogP contribution < -0.4 is 5.73 Å². The van der Waals surface area contributed by atoms with Crippen LogP contribution in [0, 0.1) is 3.57 Å². The molecule has 1 aromatic heterocycles. The van der Waals surface area contributed by atoms with E-state index in [4.69, 9.17) is 5.73 Å². The van der Waals surface area contributed by atoms with Crippen molar-refractivity contribution < 1.29 is 0 Å². The molecule has 1 aromatic rings. The molecule has 0 bridgehead atoms. The molecule has 0 radical (unpaired) electrons. The molecule has 0 aliphatic carbocycles. The van der Waals surface area contributed by atoms with Gasteiger partial charge in [0, 0.05) is 12.2 Å². The summed E-state index contributed by atoms with van der Waals surface area (Å²) in [6, 6.07) is 1.13. The number of piperidine rings is 1. The van der Waals surface area contributed by atoms with E-state index < -0.39 is 0 Å². The van der Waals surface area contributed by atoms with Crippen molar-refractivity contribution in [3.05, 3.63) is 15.5 Å². The number of nitrogens with zero attached hydrogens (tertiary/aromatic N) is 4. The average Bonchev–Trinajstić information content (AvgIpc) is 2.91. The predicted octanol–water partition coefficient (Wildman–Crippen LogP) is 1.89. The van der Waals surface area contributed by atoms with Crippen LogP contribution in [0.1, 0.15) is 37.4 Å². The van der Waals surface area contributed by atoms with Gasteiger partial charge < -0.3 is 10.6 Å². The van der Waals surface area contributed by atoms with E-state index in [1.165, 1.54) is 45.3 Å². The summed E-state index contributed by atoms with van der Waals surface area (Å²) >= 11 is 2.34. The van der Waals surface area contributed by atoms with Crippen LogP contribution in [0.25, 0.3) is 0 Å². The summed E-state index contributed by atoms with van der Waals surface area (Å²) in [5.41, 5.74) is 6.92. The molecule has 0 saturated carbocycles. The first kappa shape index (κ1) is 14.5. The Morgan fingerprint density at radius 2 is 2.00 bits per heavy atom. The van der Waals surface area contributed by atoms with Gasteiger partial charge in [0.1, 0.15) is 0 Å². The van der Waals surface area contributed by atoms with Crippen LogP contribution in [0.15, 0.2) is 6.20 Å². The first-order valence-electron chi connectivity index (χ1n) is 7.37. The molecular weight excluding hydrogens is 365 g/mol. The summed E-state index contributed by atoms with van der Waals surface area (Å²) in [4.78, 5) is 13.7. The highest BCUT2D eigenvalue weighted by molar-refractivity contribution is 14.1. The molecule has 3 rings (SSSR count). The highest BCUT2D eigenvalue weighted by Gasteiger charge is 2.34. The number of likely N-dealkylation sites (tertiary alicyclic amines) is 2. The third-order valence-corrected chi connectivity index (χ3v) is 5.39. The van der Waals surface area contributed by atoms with Crippen LogP contribution in [0.3, 0.4) is 0 Å².